The predicted octanol–water partition coefficient (Wildman–Crippen LogP) is 7.17. The molecule has 0 atom stereocenters. The zero-order valence-corrected chi connectivity index (χ0v) is 20.8. The predicted molar refractivity (Wildman–Crippen MR) is 151 cm³/mol. The number of aryl methyl sites for hydroxylation is 1. The van der Waals surface area contributed by atoms with Crippen molar-refractivity contribution in [3.63, 3.8) is 0 Å². The highest BCUT2D eigenvalue weighted by Crippen LogP contribution is 2.41. The molecule has 0 fully saturated rings. The van der Waals surface area contributed by atoms with E-state index in [9.17, 15) is 0 Å². The topological polar surface area (TPSA) is 25.8 Å². The Morgan fingerprint density at radius 2 is 1.29 bits per heavy atom. The van der Waals surface area contributed by atoms with Crippen molar-refractivity contribution < 1.29 is 0 Å². The van der Waals surface area contributed by atoms with Crippen LogP contribution in [0.25, 0.3) is 32.9 Å². The van der Waals surface area contributed by atoms with Crippen molar-refractivity contribution >= 4 is 57.1 Å². The van der Waals surface area contributed by atoms with E-state index in [1.807, 2.05) is 25.1 Å². The number of hydrogen-bond donors (Lipinski definition) is 0. The van der Waals surface area contributed by atoms with E-state index in [0.717, 1.165) is 22.4 Å². The van der Waals surface area contributed by atoms with Crippen molar-refractivity contribution in [1.82, 2.24) is 9.97 Å². The van der Waals surface area contributed by atoms with Gasteiger partial charge in [0, 0.05) is 16.0 Å². The van der Waals surface area contributed by atoms with Crippen LogP contribution < -0.4 is 15.9 Å². The standard InChI is InChI=1S/C31H22ClN2P/c1-21-33-28-20-23(32)17-18-27(28)31(34-21)30-26-15-9-8-10-22(26)16-19-29(30)35(24-11-4-2-5-12-24)25-13-6-3-7-14-25/h2-20H,1H3. The minimum Gasteiger partial charge on any atom is -0.233 e. The Hall–Kier alpha value is -3.58. The lowest BCUT2D eigenvalue weighted by Gasteiger charge is -2.24. The molecule has 0 aliphatic rings. The Morgan fingerprint density at radius 1 is 0.629 bits per heavy atom. The second kappa shape index (κ2) is 9.23. The smallest absolute Gasteiger partial charge is 0.126 e. The molecule has 0 spiro atoms. The van der Waals surface area contributed by atoms with Gasteiger partial charge in [0.15, 0.2) is 0 Å². The van der Waals surface area contributed by atoms with E-state index in [1.54, 1.807) is 0 Å². The van der Waals surface area contributed by atoms with Gasteiger partial charge in [0.25, 0.3) is 0 Å². The summed E-state index contributed by atoms with van der Waals surface area (Å²) in [6, 6.07) is 40.6. The molecule has 4 heteroatoms. The summed E-state index contributed by atoms with van der Waals surface area (Å²) in [7, 11) is -0.821. The molecular formula is C31H22ClN2P. The molecule has 2 nitrogen and oxygen atoms in total. The fourth-order valence-electron chi connectivity index (χ4n) is 4.69. The van der Waals surface area contributed by atoms with Crippen molar-refractivity contribution in [2.75, 3.05) is 0 Å². The van der Waals surface area contributed by atoms with Crippen LogP contribution in [-0.4, -0.2) is 9.97 Å². The molecule has 0 bridgehead atoms. The summed E-state index contributed by atoms with van der Waals surface area (Å²) in [6.07, 6.45) is 0. The molecule has 1 aromatic heterocycles. The lowest BCUT2D eigenvalue weighted by molar-refractivity contribution is 1.10. The summed E-state index contributed by atoms with van der Waals surface area (Å²) in [5.74, 6) is 0.734. The zero-order valence-electron chi connectivity index (χ0n) is 19.2. The number of rotatable bonds is 4. The van der Waals surface area contributed by atoms with Gasteiger partial charge >= 0.3 is 0 Å². The van der Waals surface area contributed by atoms with E-state index in [1.165, 1.54) is 32.2 Å². The summed E-state index contributed by atoms with van der Waals surface area (Å²) >= 11 is 6.35. The second-order valence-corrected chi connectivity index (χ2v) is 11.1. The normalized spacial score (nSPS) is 11.4. The molecule has 6 rings (SSSR count). The summed E-state index contributed by atoms with van der Waals surface area (Å²) in [4.78, 5) is 9.74. The lowest BCUT2D eigenvalue weighted by atomic mass is 9.99. The lowest BCUT2D eigenvalue weighted by Crippen LogP contribution is -2.22. The molecule has 1 heterocycles. The van der Waals surface area contributed by atoms with Gasteiger partial charge < -0.3 is 0 Å². The van der Waals surface area contributed by atoms with Gasteiger partial charge in [-0.15, -0.1) is 0 Å². The fraction of sp³-hybridized carbons (Fsp3) is 0.0323. The Morgan fingerprint density at radius 3 is 2.00 bits per heavy atom. The number of nitrogens with zero attached hydrogens (tertiary/aromatic N) is 2. The van der Waals surface area contributed by atoms with Crippen LogP contribution in [0.5, 0.6) is 0 Å². The zero-order chi connectivity index (χ0) is 23.8. The van der Waals surface area contributed by atoms with Crippen molar-refractivity contribution in [3.8, 4) is 11.3 Å². The number of aromatic nitrogens is 2. The minimum atomic E-state index is -0.821. The summed E-state index contributed by atoms with van der Waals surface area (Å²) < 4.78 is 0. The van der Waals surface area contributed by atoms with Gasteiger partial charge in [0.05, 0.1) is 11.2 Å². The molecule has 0 radical (unpaired) electrons. The first-order valence-electron chi connectivity index (χ1n) is 11.6. The van der Waals surface area contributed by atoms with Gasteiger partial charge in [-0.2, -0.15) is 0 Å². The highest BCUT2D eigenvalue weighted by molar-refractivity contribution is 7.80. The van der Waals surface area contributed by atoms with Crippen LogP contribution >= 0.6 is 19.5 Å². The number of fused-ring (bicyclic) bond motifs is 2. The van der Waals surface area contributed by atoms with Crippen LogP contribution in [0.2, 0.25) is 5.02 Å². The number of hydrogen-bond acceptors (Lipinski definition) is 2. The van der Waals surface area contributed by atoms with Crippen molar-refractivity contribution in [1.29, 1.82) is 0 Å². The molecule has 0 aliphatic carbocycles. The van der Waals surface area contributed by atoms with E-state index >= 15 is 0 Å². The molecule has 0 N–H and O–H groups in total. The van der Waals surface area contributed by atoms with Gasteiger partial charge in [-0.05, 0) is 59.7 Å². The average molecular weight is 489 g/mol. The Kier molecular flexibility index (Phi) is 5.78. The van der Waals surface area contributed by atoms with Crippen LogP contribution in [0.15, 0.2) is 115 Å². The summed E-state index contributed by atoms with van der Waals surface area (Å²) in [6.45, 7) is 1.95. The SMILES string of the molecule is Cc1nc(-c2c(P(c3ccccc3)c3ccccc3)ccc3ccccc23)c2ccc(Cl)cc2n1. The highest BCUT2D eigenvalue weighted by atomic mass is 35.5. The molecule has 168 valence electrons. The van der Waals surface area contributed by atoms with Crippen LogP contribution in [0.1, 0.15) is 5.82 Å². The van der Waals surface area contributed by atoms with Crippen molar-refractivity contribution in [2.45, 2.75) is 6.92 Å². The Bertz CT molecular complexity index is 1620. The van der Waals surface area contributed by atoms with Crippen LogP contribution in [0, 0.1) is 6.92 Å². The first-order chi connectivity index (χ1) is 17.2. The first-order valence-corrected chi connectivity index (χ1v) is 13.3. The van der Waals surface area contributed by atoms with Gasteiger partial charge in [0.2, 0.25) is 0 Å². The third-order valence-electron chi connectivity index (χ3n) is 6.18. The molecule has 0 unspecified atom stereocenters. The Labute approximate surface area is 211 Å². The van der Waals surface area contributed by atoms with Crippen molar-refractivity contribution in [2.24, 2.45) is 0 Å². The maximum atomic E-state index is 6.35. The van der Waals surface area contributed by atoms with Gasteiger partial charge in [-0.1, -0.05) is 109 Å². The van der Waals surface area contributed by atoms with Crippen LogP contribution in [0.3, 0.4) is 0 Å². The molecule has 5 aromatic carbocycles. The fourth-order valence-corrected chi connectivity index (χ4v) is 7.32. The minimum absolute atomic E-state index is 0.676. The average Bonchev–Trinajstić information content (AvgIpc) is 2.89. The molecule has 0 saturated heterocycles. The van der Waals surface area contributed by atoms with Crippen molar-refractivity contribution in [3.05, 3.63) is 126 Å². The number of benzene rings is 5. The van der Waals surface area contributed by atoms with Gasteiger partial charge in [0.1, 0.15) is 5.82 Å². The van der Waals surface area contributed by atoms with E-state index in [0.29, 0.717) is 5.02 Å². The summed E-state index contributed by atoms with van der Waals surface area (Å²) in [5, 5.41) is 7.97. The van der Waals surface area contributed by atoms with E-state index in [-0.39, 0.29) is 0 Å². The largest absolute Gasteiger partial charge is 0.233 e. The maximum absolute atomic E-state index is 6.35. The quantitative estimate of drug-likeness (QED) is 0.246. The van der Waals surface area contributed by atoms with E-state index < -0.39 is 7.92 Å². The van der Waals surface area contributed by atoms with E-state index in [2.05, 4.69) is 97.1 Å². The third kappa shape index (κ3) is 4.10. The van der Waals surface area contributed by atoms with Gasteiger partial charge in [-0.3, -0.25) is 0 Å². The van der Waals surface area contributed by atoms with Crippen LogP contribution in [-0.2, 0) is 0 Å². The number of halogens is 1. The molecular weight excluding hydrogens is 467 g/mol. The third-order valence-corrected chi connectivity index (χ3v) is 8.90. The monoisotopic (exact) mass is 488 g/mol. The first kappa shape index (κ1) is 21.9. The van der Waals surface area contributed by atoms with Gasteiger partial charge in [-0.25, -0.2) is 9.97 Å². The molecule has 0 amide bonds. The maximum Gasteiger partial charge on any atom is 0.126 e. The Balaban J connectivity index is 1.75. The van der Waals surface area contributed by atoms with E-state index in [4.69, 9.17) is 21.6 Å². The molecule has 0 saturated carbocycles. The molecule has 0 aliphatic heterocycles. The highest BCUT2D eigenvalue weighted by Gasteiger charge is 2.24. The molecule has 6 aromatic rings. The summed E-state index contributed by atoms with van der Waals surface area (Å²) in [5.41, 5.74) is 2.98. The van der Waals surface area contributed by atoms with Crippen LogP contribution in [0.4, 0.5) is 0 Å². The molecule has 35 heavy (non-hydrogen) atoms. The second-order valence-electron chi connectivity index (χ2n) is 8.47.